The van der Waals surface area contributed by atoms with Gasteiger partial charge in [0.25, 0.3) is 0 Å². The van der Waals surface area contributed by atoms with Gasteiger partial charge >= 0.3 is 0 Å². The molecule has 0 aliphatic carbocycles. The summed E-state index contributed by atoms with van der Waals surface area (Å²) in [7, 11) is 0. The molecule has 0 N–H and O–H groups in total. The number of imidazole rings is 1. The predicted molar refractivity (Wildman–Crippen MR) is 209 cm³/mol. The number of hydrogen-bond acceptors (Lipinski definition) is 4. The van der Waals surface area contributed by atoms with Crippen LogP contribution in [0.3, 0.4) is 0 Å². The van der Waals surface area contributed by atoms with Gasteiger partial charge in [0.2, 0.25) is 0 Å². The molecule has 0 aliphatic rings. The molecule has 0 aliphatic heterocycles. The van der Waals surface area contributed by atoms with Crippen molar-refractivity contribution in [3.63, 3.8) is 0 Å². The van der Waals surface area contributed by atoms with Crippen LogP contribution in [0.2, 0.25) is 0 Å². The van der Waals surface area contributed by atoms with Crippen molar-refractivity contribution < 1.29 is 4.74 Å². The third-order valence-electron chi connectivity index (χ3n) is 9.97. The minimum atomic E-state index is 0.719. The monoisotopic (exact) mass is 668 g/mol. The minimum absolute atomic E-state index is 0.719. The van der Waals surface area contributed by atoms with E-state index in [1.165, 1.54) is 21.8 Å². The molecule has 0 saturated heterocycles. The molecule has 11 rings (SSSR count). The van der Waals surface area contributed by atoms with Crippen LogP contribution in [0.5, 0.6) is 11.5 Å². The first-order valence-corrected chi connectivity index (χ1v) is 17.3. The lowest BCUT2D eigenvalue weighted by Crippen LogP contribution is -1.96. The van der Waals surface area contributed by atoms with Crippen LogP contribution in [0.4, 0.5) is 0 Å². The van der Waals surface area contributed by atoms with E-state index in [1.54, 1.807) is 0 Å². The number of hydrogen-bond donors (Lipinski definition) is 0. The van der Waals surface area contributed by atoms with Crippen LogP contribution in [-0.2, 0) is 0 Å². The van der Waals surface area contributed by atoms with Gasteiger partial charge in [-0.15, -0.1) is 0 Å². The Morgan fingerprint density at radius 3 is 2.21 bits per heavy atom. The Kier molecular flexibility index (Phi) is 6.12. The standard InChI is InChI=1S/C45H28N6O/c1-2-10-30(11-3-1)50-41-17-6-4-14-35(41)37-26-29(19-22-42(37)50)39-23-25-49(48-39)31-12-8-13-32(27-31)52-33-20-21-34-36-15-9-24-46-44(36)51-43-18-7-5-16-40(43)47-45(51)38(34)28-33/h1-28H. The Bertz CT molecular complexity index is 3170. The zero-order valence-corrected chi connectivity index (χ0v) is 27.8. The molecule has 52 heavy (non-hydrogen) atoms. The normalized spacial score (nSPS) is 11.8. The molecule has 0 radical (unpaired) electrons. The highest BCUT2D eigenvalue weighted by Gasteiger charge is 2.16. The molecule has 11 aromatic rings. The van der Waals surface area contributed by atoms with Gasteiger partial charge in [-0.3, -0.25) is 4.40 Å². The fourth-order valence-electron chi connectivity index (χ4n) is 7.65. The SMILES string of the molecule is c1ccc(-n2c3ccccc3c3cc(-c4ccn(-c5cccc(Oc6ccc7c8cccnc8n8c9ccccc9nc8c7c6)c5)n4)ccc32)cc1. The van der Waals surface area contributed by atoms with Crippen LogP contribution in [0.1, 0.15) is 0 Å². The zero-order chi connectivity index (χ0) is 34.2. The second kappa shape index (κ2) is 11.1. The number of rotatable bonds is 5. The summed E-state index contributed by atoms with van der Waals surface area (Å²) in [6, 6.07) is 54.3. The van der Waals surface area contributed by atoms with Crippen molar-refractivity contribution in [2.75, 3.05) is 0 Å². The number of para-hydroxylation sites is 4. The second-order valence-corrected chi connectivity index (χ2v) is 13.0. The van der Waals surface area contributed by atoms with Gasteiger partial charge in [0.05, 0.1) is 33.4 Å². The Labute approximate surface area is 297 Å². The van der Waals surface area contributed by atoms with E-state index in [2.05, 4.69) is 112 Å². The van der Waals surface area contributed by atoms with Crippen molar-refractivity contribution in [1.82, 2.24) is 28.7 Å². The van der Waals surface area contributed by atoms with Crippen molar-refractivity contribution in [1.29, 1.82) is 0 Å². The first kappa shape index (κ1) is 28.6. The molecule has 7 heteroatoms. The van der Waals surface area contributed by atoms with Gasteiger partial charge in [0.1, 0.15) is 22.8 Å². The number of nitrogens with zero attached hydrogens (tertiary/aromatic N) is 6. The lowest BCUT2D eigenvalue weighted by atomic mass is 10.1. The second-order valence-electron chi connectivity index (χ2n) is 13.0. The van der Waals surface area contributed by atoms with E-state index in [-0.39, 0.29) is 0 Å². The first-order valence-electron chi connectivity index (χ1n) is 17.3. The molecule has 0 unspecified atom stereocenters. The van der Waals surface area contributed by atoms with Crippen LogP contribution in [0.15, 0.2) is 170 Å². The van der Waals surface area contributed by atoms with Crippen LogP contribution in [0.25, 0.3) is 82.9 Å². The Morgan fingerprint density at radius 1 is 0.481 bits per heavy atom. The summed E-state index contributed by atoms with van der Waals surface area (Å²) in [5.41, 5.74) is 10.1. The Balaban J connectivity index is 0.948. The summed E-state index contributed by atoms with van der Waals surface area (Å²) in [5.74, 6) is 1.45. The molecule has 0 bridgehead atoms. The lowest BCUT2D eigenvalue weighted by Gasteiger charge is -2.11. The molecular weight excluding hydrogens is 641 g/mol. The summed E-state index contributed by atoms with van der Waals surface area (Å²) in [4.78, 5) is 9.78. The quantitative estimate of drug-likeness (QED) is 0.171. The van der Waals surface area contributed by atoms with Crippen LogP contribution < -0.4 is 4.74 Å². The molecule has 0 fully saturated rings. The number of benzene rings is 6. The zero-order valence-electron chi connectivity index (χ0n) is 27.8. The highest BCUT2D eigenvalue weighted by molar-refractivity contribution is 6.13. The van der Waals surface area contributed by atoms with Crippen molar-refractivity contribution in [3.8, 4) is 34.1 Å². The summed E-state index contributed by atoms with van der Waals surface area (Å²) in [6.45, 7) is 0. The van der Waals surface area contributed by atoms with E-state index in [9.17, 15) is 0 Å². The molecule has 0 atom stereocenters. The fourth-order valence-corrected chi connectivity index (χ4v) is 7.65. The maximum atomic E-state index is 6.51. The molecule has 6 aromatic carbocycles. The van der Waals surface area contributed by atoms with E-state index in [0.29, 0.717) is 0 Å². The molecule has 0 saturated carbocycles. The van der Waals surface area contributed by atoms with Gasteiger partial charge in [-0.05, 0) is 96.4 Å². The number of ether oxygens (including phenoxy) is 1. The fraction of sp³-hybridized carbons (Fsp3) is 0. The van der Waals surface area contributed by atoms with Gasteiger partial charge in [-0.1, -0.05) is 60.7 Å². The number of aromatic nitrogens is 6. The topological polar surface area (TPSA) is 62.2 Å². The van der Waals surface area contributed by atoms with E-state index >= 15 is 0 Å². The predicted octanol–water partition coefficient (Wildman–Crippen LogP) is 10.9. The lowest BCUT2D eigenvalue weighted by molar-refractivity contribution is 0.483. The Morgan fingerprint density at radius 2 is 1.27 bits per heavy atom. The number of fused-ring (bicyclic) bond motifs is 11. The summed E-state index contributed by atoms with van der Waals surface area (Å²) < 4.78 is 12.9. The summed E-state index contributed by atoms with van der Waals surface area (Å²) in [5, 5.41) is 10.6. The van der Waals surface area contributed by atoms with Gasteiger partial charge in [0, 0.05) is 51.3 Å². The maximum Gasteiger partial charge on any atom is 0.147 e. The van der Waals surface area contributed by atoms with E-state index in [4.69, 9.17) is 19.8 Å². The van der Waals surface area contributed by atoms with Gasteiger partial charge in [-0.2, -0.15) is 5.10 Å². The van der Waals surface area contributed by atoms with Crippen molar-refractivity contribution in [2.24, 2.45) is 0 Å². The van der Waals surface area contributed by atoms with E-state index in [0.717, 1.165) is 72.6 Å². The largest absolute Gasteiger partial charge is 0.457 e. The number of pyridine rings is 2. The highest BCUT2D eigenvalue weighted by atomic mass is 16.5. The maximum absolute atomic E-state index is 6.51. The Hall–Kier alpha value is -7.25. The highest BCUT2D eigenvalue weighted by Crippen LogP contribution is 2.36. The van der Waals surface area contributed by atoms with Crippen molar-refractivity contribution in [3.05, 3.63) is 170 Å². The minimum Gasteiger partial charge on any atom is -0.457 e. The smallest absolute Gasteiger partial charge is 0.147 e. The van der Waals surface area contributed by atoms with E-state index < -0.39 is 0 Å². The molecule has 244 valence electrons. The molecule has 0 amide bonds. The van der Waals surface area contributed by atoms with Crippen LogP contribution in [0, 0.1) is 0 Å². The van der Waals surface area contributed by atoms with Gasteiger partial charge in [-0.25, -0.2) is 14.6 Å². The molecule has 0 spiro atoms. The molecule has 5 aromatic heterocycles. The van der Waals surface area contributed by atoms with Crippen LogP contribution >= 0.6 is 0 Å². The van der Waals surface area contributed by atoms with Crippen molar-refractivity contribution >= 4 is 60.3 Å². The van der Waals surface area contributed by atoms with Crippen LogP contribution in [-0.4, -0.2) is 28.7 Å². The first-order chi connectivity index (χ1) is 25.8. The molecule has 7 nitrogen and oxygen atoms in total. The van der Waals surface area contributed by atoms with Gasteiger partial charge in [0.15, 0.2) is 0 Å². The van der Waals surface area contributed by atoms with E-state index in [1.807, 2.05) is 71.7 Å². The third kappa shape index (κ3) is 4.36. The molecule has 5 heterocycles. The molecular formula is C45H28N6O. The summed E-state index contributed by atoms with van der Waals surface area (Å²) in [6.07, 6.45) is 3.83. The van der Waals surface area contributed by atoms with Crippen molar-refractivity contribution in [2.45, 2.75) is 0 Å². The van der Waals surface area contributed by atoms with Gasteiger partial charge < -0.3 is 9.30 Å². The average molecular weight is 669 g/mol. The third-order valence-corrected chi connectivity index (χ3v) is 9.97. The summed E-state index contributed by atoms with van der Waals surface area (Å²) >= 11 is 0. The average Bonchev–Trinajstić information content (AvgIpc) is 3.93.